The number of aliphatic hydroxyl groups is 2. The molecule has 0 spiro atoms. The molecule has 0 bridgehead atoms. The molecule has 0 aromatic rings. The summed E-state index contributed by atoms with van der Waals surface area (Å²) in [4.78, 5) is 27.2. The van der Waals surface area contributed by atoms with Gasteiger partial charge in [-0.1, -0.05) is 47.6 Å². The number of fused-ring (bicyclic) bond motifs is 7. The molecule has 5 aliphatic rings. The average Bonchev–Trinajstić information content (AvgIpc) is 2.80. The van der Waals surface area contributed by atoms with Crippen molar-refractivity contribution in [3.8, 4) is 6.07 Å². The highest BCUT2D eigenvalue weighted by molar-refractivity contribution is 6.02. The van der Waals surface area contributed by atoms with Crippen LogP contribution >= 0.6 is 0 Å². The van der Waals surface area contributed by atoms with Crippen LogP contribution in [0.2, 0.25) is 0 Å². The predicted octanol–water partition coefficient (Wildman–Crippen LogP) is 5.00. The Labute approximate surface area is 210 Å². The lowest BCUT2D eigenvalue weighted by Crippen LogP contribution is -2.77. The van der Waals surface area contributed by atoms with Crippen LogP contribution in [0.3, 0.4) is 0 Å². The number of hydrogen-bond donors (Lipinski definition) is 2. The zero-order valence-corrected chi connectivity index (χ0v) is 22.4. The maximum Gasteiger partial charge on any atom is 0.176 e. The highest BCUT2D eigenvalue weighted by atomic mass is 16.3. The summed E-state index contributed by atoms with van der Waals surface area (Å²) in [5, 5.41) is 33.1. The summed E-state index contributed by atoms with van der Waals surface area (Å²) in [6, 6.07) is 2.14. The monoisotopic (exact) mass is 481 g/mol. The smallest absolute Gasteiger partial charge is 0.176 e. The van der Waals surface area contributed by atoms with Crippen molar-refractivity contribution in [2.24, 2.45) is 50.7 Å². The van der Waals surface area contributed by atoms with Gasteiger partial charge in [0.2, 0.25) is 0 Å². The molecule has 5 aliphatic carbocycles. The van der Waals surface area contributed by atoms with Crippen LogP contribution in [0.5, 0.6) is 0 Å². The third-order valence-corrected chi connectivity index (χ3v) is 12.8. The van der Waals surface area contributed by atoms with E-state index >= 15 is 0 Å². The van der Waals surface area contributed by atoms with Crippen molar-refractivity contribution >= 4 is 11.6 Å². The quantitative estimate of drug-likeness (QED) is 0.549. The van der Waals surface area contributed by atoms with Crippen molar-refractivity contribution in [3.05, 3.63) is 11.6 Å². The highest BCUT2D eigenvalue weighted by Gasteiger charge is 2.77. The number of hydrogen-bond acceptors (Lipinski definition) is 5. The molecule has 35 heavy (non-hydrogen) atoms. The Morgan fingerprint density at radius 2 is 1.69 bits per heavy atom. The van der Waals surface area contributed by atoms with Gasteiger partial charge in [0, 0.05) is 30.3 Å². The molecule has 0 aromatic heterocycles. The maximum absolute atomic E-state index is 14.3. The first kappa shape index (κ1) is 25.2. The Kier molecular flexibility index (Phi) is 5.24. The number of allylic oxidation sites excluding steroid dienone is 2. The van der Waals surface area contributed by atoms with Gasteiger partial charge in [0.15, 0.2) is 11.6 Å². The Hall–Kier alpha value is -1.51. The molecule has 0 radical (unpaired) electrons. The minimum atomic E-state index is -1.47. The summed E-state index contributed by atoms with van der Waals surface area (Å²) in [5.41, 5.74) is -3.01. The second-order valence-corrected chi connectivity index (χ2v) is 14.5. The first-order valence-electron chi connectivity index (χ1n) is 13.7. The van der Waals surface area contributed by atoms with Crippen LogP contribution in [0.25, 0.3) is 0 Å². The number of Topliss-reactive ketones (excluding diaryl/α,β-unsaturated/α-hetero) is 2. The van der Waals surface area contributed by atoms with Gasteiger partial charge in [0.1, 0.15) is 11.7 Å². The van der Waals surface area contributed by atoms with Crippen molar-refractivity contribution in [2.75, 3.05) is 6.61 Å². The molecule has 4 fully saturated rings. The Balaban J connectivity index is 1.67. The molecule has 5 nitrogen and oxygen atoms in total. The normalized spacial score (nSPS) is 52.8. The van der Waals surface area contributed by atoms with Gasteiger partial charge < -0.3 is 10.2 Å². The Morgan fingerprint density at radius 3 is 2.31 bits per heavy atom. The van der Waals surface area contributed by atoms with E-state index in [-0.39, 0.29) is 64.7 Å². The molecule has 2 N–H and O–H groups in total. The van der Waals surface area contributed by atoms with Crippen molar-refractivity contribution in [1.29, 1.82) is 5.26 Å². The molecule has 2 unspecified atom stereocenters. The maximum atomic E-state index is 14.3. The summed E-state index contributed by atoms with van der Waals surface area (Å²) < 4.78 is 0. The minimum absolute atomic E-state index is 0.0165. The summed E-state index contributed by atoms with van der Waals surface area (Å²) in [6.07, 6.45) is 8.01. The standard InChI is InChI=1S/C30H43NO4/c1-18-20-7-8-27(5)21(26(20,4)14-19(16-31)24(18)34)13-23(33)30(35)22-15-25(2,3)9-11-29(22,17-32)12-10-28(27,30)6/h14,18,20-22,32,35H,7-13,15,17H2,1-6H3/t18-,20-,21?,22?,26-,27+,28-,29+,30+/m0/s1. The van der Waals surface area contributed by atoms with Crippen molar-refractivity contribution in [1.82, 2.24) is 0 Å². The topological polar surface area (TPSA) is 98.4 Å². The molecule has 0 amide bonds. The van der Waals surface area contributed by atoms with E-state index in [0.29, 0.717) is 6.42 Å². The van der Waals surface area contributed by atoms with Crippen LogP contribution in [-0.4, -0.2) is 34.0 Å². The lowest BCUT2D eigenvalue weighted by atomic mass is 9.31. The van der Waals surface area contributed by atoms with E-state index in [1.807, 2.05) is 13.0 Å². The van der Waals surface area contributed by atoms with E-state index in [1.165, 1.54) is 0 Å². The van der Waals surface area contributed by atoms with E-state index in [2.05, 4.69) is 40.7 Å². The zero-order valence-electron chi connectivity index (χ0n) is 22.4. The zero-order chi connectivity index (χ0) is 25.8. The lowest BCUT2D eigenvalue weighted by Gasteiger charge is -2.73. The lowest BCUT2D eigenvalue weighted by molar-refractivity contribution is -0.285. The average molecular weight is 482 g/mol. The van der Waals surface area contributed by atoms with E-state index in [9.17, 15) is 25.1 Å². The van der Waals surface area contributed by atoms with Crippen molar-refractivity contribution < 1.29 is 19.8 Å². The first-order valence-corrected chi connectivity index (χ1v) is 13.7. The van der Waals surface area contributed by atoms with Gasteiger partial charge in [-0.15, -0.1) is 0 Å². The van der Waals surface area contributed by atoms with Gasteiger partial charge in [-0.05, 0) is 78.4 Å². The fraction of sp³-hybridized carbons (Fsp3) is 0.833. The summed E-state index contributed by atoms with van der Waals surface area (Å²) >= 11 is 0. The highest BCUT2D eigenvalue weighted by Crippen LogP contribution is 2.76. The number of nitrogens with zero attached hydrogens (tertiary/aromatic N) is 1. The van der Waals surface area contributed by atoms with Crippen LogP contribution in [0.15, 0.2) is 11.6 Å². The molecular formula is C30H43NO4. The van der Waals surface area contributed by atoms with Crippen LogP contribution in [0.4, 0.5) is 0 Å². The fourth-order valence-corrected chi connectivity index (χ4v) is 10.3. The van der Waals surface area contributed by atoms with Gasteiger partial charge in [0.05, 0.1) is 5.57 Å². The number of carbonyl (C=O) groups excluding carboxylic acids is 2. The van der Waals surface area contributed by atoms with Crippen molar-refractivity contribution in [3.63, 3.8) is 0 Å². The molecule has 0 aliphatic heterocycles. The van der Waals surface area contributed by atoms with Crippen LogP contribution in [0.1, 0.15) is 92.9 Å². The van der Waals surface area contributed by atoms with E-state index in [1.54, 1.807) is 0 Å². The molecule has 0 saturated heterocycles. The number of nitriles is 1. The molecule has 0 heterocycles. The number of aliphatic hydroxyl groups excluding tert-OH is 1. The molecule has 4 saturated carbocycles. The summed E-state index contributed by atoms with van der Waals surface area (Å²) in [6.45, 7) is 13.0. The van der Waals surface area contributed by atoms with Crippen molar-refractivity contribution in [2.45, 2.75) is 98.5 Å². The molecule has 192 valence electrons. The number of carbonyl (C=O) groups is 2. The fourth-order valence-electron chi connectivity index (χ4n) is 10.3. The van der Waals surface area contributed by atoms with Crippen LogP contribution in [0, 0.1) is 62.1 Å². The van der Waals surface area contributed by atoms with Gasteiger partial charge in [-0.25, -0.2) is 0 Å². The van der Waals surface area contributed by atoms with Crippen LogP contribution in [-0.2, 0) is 9.59 Å². The SMILES string of the molecule is C[C@@H]1C(=O)C(C#N)=C[C@]2(C)C3CC(=O)[C@]4(O)C5CC(C)(C)CC[C@]5(CO)CC[C@@]4(C)[C@]3(C)CC[C@@H]12. The van der Waals surface area contributed by atoms with Crippen LogP contribution < -0.4 is 0 Å². The summed E-state index contributed by atoms with van der Waals surface area (Å²) in [7, 11) is 0. The molecule has 9 atom stereocenters. The molecule has 5 rings (SSSR count). The predicted molar refractivity (Wildman–Crippen MR) is 133 cm³/mol. The van der Waals surface area contributed by atoms with Gasteiger partial charge in [-0.3, -0.25) is 9.59 Å². The molecule has 5 heteroatoms. The number of rotatable bonds is 1. The number of ketones is 2. The third-order valence-electron chi connectivity index (χ3n) is 12.8. The second-order valence-electron chi connectivity index (χ2n) is 14.5. The molecule has 0 aromatic carbocycles. The van der Waals surface area contributed by atoms with Gasteiger partial charge in [-0.2, -0.15) is 5.26 Å². The summed E-state index contributed by atoms with van der Waals surface area (Å²) in [5.74, 6) is -0.583. The Bertz CT molecular complexity index is 1060. The largest absolute Gasteiger partial charge is 0.396 e. The minimum Gasteiger partial charge on any atom is -0.396 e. The second kappa shape index (κ2) is 7.29. The van der Waals surface area contributed by atoms with E-state index in [4.69, 9.17) is 0 Å². The van der Waals surface area contributed by atoms with E-state index < -0.39 is 21.8 Å². The van der Waals surface area contributed by atoms with Gasteiger partial charge >= 0.3 is 0 Å². The van der Waals surface area contributed by atoms with Gasteiger partial charge in [0.25, 0.3) is 0 Å². The van der Waals surface area contributed by atoms with E-state index in [0.717, 1.165) is 38.5 Å². The third kappa shape index (κ3) is 2.82. The first-order chi connectivity index (χ1) is 16.2. The molecular weight excluding hydrogens is 438 g/mol. The Morgan fingerprint density at radius 1 is 1.03 bits per heavy atom.